The number of methoxy groups -OCH3 is 1. The Labute approximate surface area is 173 Å². The average Bonchev–Trinajstić information content (AvgIpc) is 2.95. The van der Waals surface area contributed by atoms with E-state index < -0.39 is 0 Å². The van der Waals surface area contributed by atoms with Gasteiger partial charge >= 0.3 is 5.97 Å². The molecular weight excluding hydrogens is 443 g/mol. The molecule has 2 N–H and O–H groups in total. The molecule has 26 heavy (non-hydrogen) atoms. The van der Waals surface area contributed by atoms with Crippen LogP contribution in [0.15, 0.2) is 35.3 Å². The summed E-state index contributed by atoms with van der Waals surface area (Å²) in [6.45, 7) is 7.48. The van der Waals surface area contributed by atoms with Crippen LogP contribution in [-0.2, 0) is 16.1 Å². The van der Waals surface area contributed by atoms with Crippen LogP contribution >= 0.6 is 24.0 Å². The van der Waals surface area contributed by atoms with Crippen molar-refractivity contribution in [2.75, 3.05) is 26.7 Å². The Morgan fingerprint density at radius 1 is 1.35 bits per heavy atom. The maximum absolute atomic E-state index is 11.2. The molecule has 0 radical (unpaired) electrons. The molecule has 1 aromatic carbocycles. The molecule has 0 amide bonds. The minimum Gasteiger partial charge on any atom is -0.469 e. The number of esters is 1. The van der Waals surface area contributed by atoms with E-state index in [0.29, 0.717) is 25.0 Å². The molecule has 2 atom stereocenters. The van der Waals surface area contributed by atoms with Crippen LogP contribution in [0.4, 0.5) is 0 Å². The Bertz CT molecular complexity index is 568. The number of halogens is 1. The number of aliphatic imine (C=N–C) groups is 1. The number of nitrogens with zero attached hydrogens (tertiary/aromatic N) is 2. The summed E-state index contributed by atoms with van der Waals surface area (Å²) in [6, 6.07) is 11.4. The van der Waals surface area contributed by atoms with E-state index in [1.807, 2.05) is 6.92 Å². The van der Waals surface area contributed by atoms with Gasteiger partial charge in [0.15, 0.2) is 5.96 Å². The highest BCUT2D eigenvalue weighted by atomic mass is 127. The van der Waals surface area contributed by atoms with Crippen molar-refractivity contribution in [2.24, 2.45) is 4.99 Å². The Balaban J connectivity index is 0.00000338. The van der Waals surface area contributed by atoms with Crippen LogP contribution in [-0.4, -0.2) is 55.7 Å². The first-order chi connectivity index (χ1) is 12.1. The summed E-state index contributed by atoms with van der Waals surface area (Å²) in [7, 11) is 1.40. The van der Waals surface area contributed by atoms with Gasteiger partial charge in [-0.25, -0.2) is 0 Å². The molecule has 0 aliphatic carbocycles. The van der Waals surface area contributed by atoms with Gasteiger partial charge in [-0.05, 0) is 25.8 Å². The van der Waals surface area contributed by atoms with Crippen molar-refractivity contribution in [3.63, 3.8) is 0 Å². The standard InChI is InChI=1S/C19H30N4O2.HI/c1-4-20-19(21-11-10-18(24)25-3)22-17-12-15(2)23(14-17)13-16-8-6-5-7-9-16;/h5-9,15,17H,4,10-14H2,1-3H3,(H2,20,21,22);1H. The van der Waals surface area contributed by atoms with Gasteiger partial charge in [0, 0.05) is 31.7 Å². The van der Waals surface area contributed by atoms with Crippen LogP contribution in [0.3, 0.4) is 0 Å². The highest BCUT2D eigenvalue weighted by Crippen LogP contribution is 2.20. The van der Waals surface area contributed by atoms with E-state index in [0.717, 1.165) is 32.0 Å². The third kappa shape index (κ3) is 7.49. The smallest absolute Gasteiger partial charge is 0.307 e. The molecule has 0 saturated carbocycles. The second kappa shape index (κ2) is 12.1. The Morgan fingerprint density at radius 2 is 2.08 bits per heavy atom. The van der Waals surface area contributed by atoms with Gasteiger partial charge in [0.05, 0.1) is 20.1 Å². The molecule has 1 aliphatic heterocycles. The van der Waals surface area contributed by atoms with Crippen molar-refractivity contribution in [3.05, 3.63) is 35.9 Å². The number of likely N-dealkylation sites (tertiary alicyclic amines) is 1. The number of carbonyl (C=O) groups excluding carboxylic acids is 1. The minimum atomic E-state index is -0.233. The molecular formula is C19H31IN4O2. The van der Waals surface area contributed by atoms with Gasteiger partial charge in [0.25, 0.3) is 0 Å². The molecule has 7 heteroatoms. The van der Waals surface area contributed by atoms with E-state index in [1.165, 1.54) is 12.7 Å². The van der Waals surface area contributed by atoms with Crippen molar-refractivity contribution in [1.82, 2.24) is 15.5 Å². The summed E-state index contributed by atoms with van der Waals surface area (Å²) < 4.78 is 4.65. The monoisotopic (exact) mass is 474 g/mol. The minimum absolute atomic E-state index is 0. The van der Waals surface area contributed by atoms with Crippen LogP contribution in [0, 0.1) is 0 Å². The molecule has 0 bridgehead atoms. The topological polar surface area (TPSA) is 66.0 Å². The maximum Gasteiger partial charge on any atom is 0.307 e. The van der Waals surface area contributed by atoms with Crippen LogP contribution in [0.25, 0.3) is 0 Å². The molecule has 1 saturated heterocycles. The molecule has 1 heterocycles. The lowest BCUT2D eigenvalue weighted by Gasteiger charge is -2.21. The zero-order chi connectivity index (χ0) is 18.1. The lowest BCUT2D eigenvalue weighted by Crippen LogP contribution is -2.44. The summed E-state index contributed by atoms with van der Waals surface area (Å²) in [6.07, 6.45) is 1.38. The highest BCUT2D eigenvalue weighted by Gasteiger charge is 2.29. The number of carbonyl (C=O) groups is 1. The SMILES string of the molecule is CCNC(=NCCC(=O)OC)NC1CC(C)N(Cc2ccccc2)C1.I. The van der Waals surface area contributed by atoms with Crippen molar-refractivity contribution >= 4 is 35.9 Å². The van der Waals surface area contributed by atoms with Crippen LogP contribution in [0.2, 0.25) is 0 Å². The lowest BCUT2D eigenvalue weighted by molar-refractivity contribution is -0.140. The Morgan fingerprint density at radius 3 is 2.73 bits per heavy atom. The first-order valence-corrected chi connectivity index (χ1v) is 9.02. The Hall–Kier alpha value is -1.35. The summed E-state index contributed by atoms with van der Waals surface area (Å²) in [5, 5.41) is 6.75. The molecule has 1 fully saturated rings. The molecule has 1 aliphatic rings. The van der Waals surface area contributed by atoms with Crippen molar-refractivity contribution in [2.45, 2.75) is 45.3 Å². The number of benzene rings is 1. The lowest BCUT2D eigenvalue weighted by atomic mass is 10.2. The third-order valence-corrected chi connectivity index (χ3v) is 4.43. The number of ether oxygens (including phenoxy) is 1. The second-order valence-electron chi connectivity index (χ2n) is 6.43. The summed E-state index contributed by atoms with van der Waals surface area (Å²) >= 11 is 0. The van der Waals surface area contributed by atoms with Gasteiger partial charge in [-0.15, -0.1) is 24.0 Å². The first-order valence-electron chi connectivity index (χ1n) is 9.02. The molecule has 2 rings (SSSR count). The molecule has 0 spiro atoms. The van der Waals surface area contributed by atoms with E-state index in [4.69, 9.17) is 0 Å². The number of rotatable bonds is 7. The van der Waals surface area contributed by atoms with Crippen LogP contribution in [0.5, 0.6) is 0 Å². The Kier molecular flexibility index (Phi) is 10.6. The average molecular weight is 474 g/mol. The van der Waals surface area contributed by atoms with Crippen LogP contribution < -0.4 is 10.6 Å². The number of hydrogen-bond donors (Lipinski definition) is 2. The fourth-order valence-corrected chi connectivity index (χ4v) is 3.12. The summed E-state index contributed by atoms with van der Waals surface area (Å²) in [5.74, 6) is 0.535. The van der Waals surface area contributed by atoms with Gasteiger partial charge in [-0.3, -0.25) is 14.7 Å². The predicted octanol–water partition coefficient (Wildman–Crippen LogP) is 2.39. The van der Waals surface area contributed by atoms with Gasteiger partial charge in [-0.1, -0.05) is 30.3 Å². The van der Waals surface area contributed by atoms with Crippen LogP contribution in [0.1, 0.15) is 32.3 Å². The molecule has 0 aromatic heterocycles. The predicted molar refractivity (Wildman–Crippen MR) is 116 cm³/mol. The molecule has 2 unspecified atom stereocenters. The fraction of sp³-hybridized carbons (Fsp3) is 0.579. The third-order valence-electron chi connectivity index (χ3n) is 4.43. The zero-order valence-corrected chi connectivity index (χ0v) is 18.2. The van der Waals surface area contributed by atoms with E-state index in [-0.39, 0.29) is 29.9 Å². The summed E-state index contributed by atoms with van der Waals surface area (Å²) in [5.41, 5.74) is 1.34. The van der Waals surface area contributed by atoms with Gasteiger partial charge in [-0.2, -0.15) is 0 Å². The molecule has 1 aromatic rings. The quantitative estimate of drug-likeness (QED) is 0.275. The molecule has 146 valence electrons. The maximum atomic E-state index is 11.2. The number of hydrogen-bond acceptors (Lipinski definition) is 4. The zero-order valence-electron chi connectivity index (χ0n) is 15.9. The molecule has 6 nitrogen and oxygen atoms in total. The van der Waals surface area contributed by atoms with Crippen molar-refractivity contribution in [3.8, 4) is 0 Å². The second-order valence-corrected chi connectivity index (χ2v) is 6.43. The normalized spacial score (nSPS) is 20.3. The largest absolute Gasteiger partial charge is 0.469 e. The van der Waals surface area contributed by atoms with Crippen molar-refractivity contribution in [1.29, 1.82) is 0 Å². The van der Waals surface area contributed by atoms with E-state index in [2.05, 4.69) is 62.5 Å². The fourth-order valence-electron chi connectivity index (χ4n) is 3.12. The van der Waals surface area contributed by atoms with E-state index in [9.17, 15) is 4.79 Å². The van der Waals surface area contributed by atoms with Gasteiger partial charge in [0.1, 0.15) is 0 Å². The van der Waals surface area contributed by atoms with Crippen molar-refractivity contribution < 1.29 is 9.53 Å². The highest BCUT2D eigenvalue weighted by molar-refractivity contribution is 14.0. The first kappa shape index (κ1) is 22.7. The van der Waals surface area contributed by atoms with E-state index in [1.54, 1.807) is 0 Å². The van der Waals surface area contributed by atoms with Gasteiger partial charge in [0.2, 0.25) is 0 Å². The van der Waals surface area contributed by atoms with E-state index >= 15 is 0 Å². The number of nitrogens with one attached hydrogen (secondary N) is 2. The number of guanidine groups is 1. The summed E-state index contributed by atoms with van der Waals surface area (Å²) in [4.78, 5) is 18.2. The van der Waals surface area contributed by atoms with Gasteiger partial charge < -0.3 is 15.4 Å².